The lowest BCUT2D eigenvalue weighted by Crippen LogP contribution is -2.36. The molecule has 0 N–H and O–H groups in total. The number of non-ortho nitro benzene ring substituents is 1. The van der Waals surface area contributed by atoms with E-state index in [1.54, 1.807) is 19.2 Å². The molecule has 0 aliphatic carbocycles. The fourth-order valence-electron chi connectivity index (χ4n) is 6.82. The highest BCUT2D eigenvalue weighted by Gasteiger charge is 2.32. The monoisotopic (exact) mass is 790 g/mol. The number of azo groups is 2. The van der Waals surface area contributed by atoms with E-state index in [9.17, 15) is 15.4 Å². The lowest BCUT2D eigenvalue weighted by Gasteiger charge is -2.38. The first-order valence-corrected chi connectivity index (χ1v) is 19.9. The number of rotatable bonds is 20. The minimum absolute atomic E-state index is 0.0398. The molecule has 5 rings (SSSR count). The molecule has 0 bridgehead atoms. The molecule has 2 aliphatic heterocycles. The molecule has 2 unspecified atom stereocenters. The van der Waals surface area contributed by atoms with Crippen molar-refractivity contribution >= 4 is 42.7 Å². The second-order valence-corrected chi connectivity index (χ2v) is 15.2. The number of hydrogen-bond donors (Lipinski definition) is 0. The van der Waals surface area contributed by atoms with E-state index in [4.69, 9.17) is 33.1 Å². The summed E-state index contributed by atoms with van der Waals surface area (Å²) in [6, 6.07) is 13.6. The fourth-order valence-corrected chi connectivity index (χ4v) is 8.51. The minimum atomic E-state index is -1.53. The van der Waals surface area contributed by atoms with Gasteiger partial charge in [-0.05, 0) is 77.1 Å². The van der Waals surface area contributed by atoms with E-state index in [0.29, 0.717) is 40.0 Å². The molecule has 16 nitrogen and oxygen atoms in total. The predicted molar refractivity (Wildman–Crippen MR) is 214 cm³/mol. The van der Waals surface area contributed by atoms with Gasteiger partial charge in [0, 0.05) is 67.8 Å². The van der Waals surface area contributed by atoms with Gasteiger partial charge in [-0.15, -0.1) is 15.3 Å². The van der Waals surface area contributed by atoms with E-state index in [0.717, 1.165) is 44.3 Å². The Kier molecular flexibility index (Phi) is 15.4. The van der Waals surface area contributed by atoms with Crippen LogP contribution in [0.25, 0.3) is 0 Å². The normalized spacial score (nSPS) is 15.1. The van der Waals surface area contributed by atoms with Gasteiger partial charge in [0.2, 0.25) is 0 Å². The fraction of sp³-hybridized carbons (Fsp3) is 0.513. The van der Waals surface area contributed by atoms with Crippen LogP contribution in [0.1, 0.15) is 58.1 Å². The van der Waals surface area contributed by atoms with Crippen molar-refractivity contribution in [2.24, 2.45) is 20.5 Å². The summed E-state index contributed by atoms with van der Waals surface area (Å²) >= 11 is 0. The number of hydrogen-bond acceptors (Lipinski definition) is 15. The molecule has 0 radical (unpaired) electrons. The van der Waals surface area contributed by atoms with Crippen LogP contribution >= 0.6 is 8.53 Å². The Morgan fingerprint density at radius 1 is 0.893 bits per heavy atom. The maximum absolute atomic E-state index is 11.0. The highest BCUT2D eigenvalue weighted by atomic mass is 31.2. The van der Waals surface area contributed by atoms with Gasteiger partial charge in [-0.3, -0.25) is 10.1 Å². The Morgan fingerprint density at radius 3 is 2.11 bits per heavy atom. The molecular formula is C39H51N8O8P. The van der Waals surface area contributed by atoms with E-state index in [1.807, 2.05) is 0 Å². The molecule has 0 saturated heterocycles. The molecule has 0 spiro atoms. The van der Waals surface area contributed by atoms with Crippen LogP contribution in [0.5, 0.6) is 17.2 Å². The highest BCUT2D eigenvalue weighted by molar-refractivity contribution is 7.44. The number of anilines is 1. The van der Waals surface area contributed by atoms with Gasteiger partial charge in [-0.1, -0.05) is 0 Å². The summed E-state index contributed by atoms with van der Waals surface area (Å²) in [4.78, 5) is 13.0. The number of aryl methyl sites for hydroxylation is 1. The summed E-state index contributed by atoms with van der Waals surface area (Å²) < 4.78 is 38.7. The van der Waals surface area contributed by atoms with Gasteiger partial charge < -0.3 is 32.9 Å². The van der Waals surface area contributed by atoms with Crippen LogP contribution in [0.3, 0.4) is 0 Å². The second kappa shape index (κ2) is 20.4. The largest absolute Gasteiger partial charge is 0.494 e. The Morgan fingerprint density at radius 2 is 1.52 bits per heavy atom. The van der Waals surface area contributed by atoms with Gasteiger partial charge >= 0.3 is 0 Å². The quantitative estimate of drug-likeness (QED) is 0.0350. The van der Waals surface area contributed by atoms with Crippen LogP contribution in [0.15, 0.2) is 62.9 Å². The van der Waals surface area contributed by atoms with Crippen LogP contribution in [-0.2, 0) is 26.6 Å². The topological polar surface area (TPSA) is 178 Å². The zero-order chi connectivity index (χ0) is 40.2. The highest BCUT2D eigenvalue weighted by Crippen LogP contribution is 2.49. The third kappa shape index (κ3) is 10.5. The Labute approximate surface area is 329 Å². The van der Waals surface area contributed by atoms with Gasteiger partial charge in [0.1, 0.15) is 41.3 Å². The molecule has 2 heterocycles. The zero-order valence-corrected chi connectivity index (χ0v) is 34.0. The number of benzene rings is 3. The molecule has 300 valence electrons. The minimum Gasteiger partial charge on any atom is -0.494 e. The maximum Gasteiger partial charge on any atom is 0.269 e. The summed E-state index contributed by atoms with van der Waals surface area (Å²) in [6.45, 7) is 11.1. The number of nitriles is 1. The van der Waals surface area contributed by atoms with E-state index < -0.39 is 19.6 Å². The standard InChI is InChI=1S/C39H51N8O8P/c1-26(2)46(27(3)4)56(54-20-10-17-40)55-31(24-50-5)25-53-39-32-12-9-19-45-18-8-11-28(38(32)45)21-35(39)44-43-34-23-36(51-6)33(22-37(34)52-7)42-41-29-13-15-30(16-14-29)47(48)49/h13-16,21-23,26-27,31H,8-12,18-20,24-25H2,1-7H3. The lowest BCUT2D eigenvalue weighted by molar-refractivity contribution is -0.384. The number of nitro benzene ring substituents is 1. The van der Waals surface area contributed by atoms with Crippen molar-refractivity contribution in [1.29, 1.82) is 5.26 Å². The molecule has 56 heavy (non-hydrogen) atoms. The summed E-state index contributed by atoms with van der Waals surface area (Å²) in [7, 11) is 3.14. The summed E-state index contributed by atoms with van der Waals surface area (Å²) in [6.07, 6.45) is 3.55. The van der Waals surface area contributed by atoms with Crippen LogP contribution < -0.4 is 19.1 Å². The van der Waals surface area contributed by atoms with E-state index in [2.05, 4.69) is 64.7 Å². The van der Waals surface area contributed by atoms with Crippen molar-refractivity contribution in [1.82, 2.24) is 4.67 Å². The number of ether oxygens (including phenoxy) is 4. The van der Waals surface area contributed by atoms with Gasteiger partial charge in [0.05, 0.1) is 50.5 Å². The van der Waals surface area contributed by atoms with Gasteiger partial charge in [0.15, 0.2) is 5.75 Å². The lowest BCUT2D eigenvalue weighted by atomic mass is 9.90. The molecule has 0 saturated carbocycles. The first kappa shape index (κ1) is 42.4. The van der Waals surface area contributed by atoms with Crippen molar-refractivity contribution < 1.29 is 32.9 Å². The first-order chi connectivity index (χ1) is 27.1. The van der Waals surface area contributed by atoms with Crippen LogP contribution in [-0.4, -0.2) is 82.0 Å². The summed E-state index contributed by atoms with van der Waals surface area (Å²) in [5.74, 6) is 1.41. The molecule has 0 amide bonds. The van der Waals surface area contributed by atoms with E-state index in [-0.39, 0.29) is 44.0 Å². The Bertz CT molecular complexity index is 1890. The van der Waals surface area contributed by atoms with Crippen molar-refractivity contribution in [2.75, 3.05) is 59.1 Å². The predicted octanol–water partition coefficient (Wildman–Crippen LogP) is 9.83. The number of methoxy groups -OCH3 is 3. The van der Waals surface area contributed by atoms with Gasteiger partial charge in [0.25, 0.3) is 14.2 Å². The van der Waals surface area contributed by atoms with Crippen molar-refractivity contribution in [2.45, 2.75) is 78.0 Å². The van der Waals surface area contributed by atoms with Crippen molar-refractivity contribution in [3.8, 4) is 23.3 Å². The third-order valence-corrected chi connectivity index (χ3v) is 11.4. The zero-order valence-electron chi connectivity index (χ0n) is 33.1. The molecule has 2 aliphatic rings. The molecule has 17 heteroatoms. The molecule has 0 aromatic heterocycles. The SMILES string of the molecule is COCC(COc1c(N=Nc2cc(OC)c(N=Nc3ccc([N+](=O)[O-])cc3)cc2OC)cc2c3c1CCCN3CCC2)OP(OCCC#N)N(C(C)C)C(C)C. The van der Waals surface area contributed by atoms with E-state index in [1.165, 1.54) is 49.7 Å². The summed E-state index contributed by atoms with van der Waals surface area (Å²) in [5, 5.41) is 38.2. The number of nitro groups is 1. The average molecular weight is 791 g/mol. The third-order valence-electron chi connectivity index (χ3n) is 9.20. The van der Waals surface area contributed by atoms with E-state index >= 15 is 0 Å². The van der Waals surface area contributed by atoms with Crippen LogP contribution in [0.2, 0.25) is 0 Å². The Balaban J connectivity index is 1.47. The Hall–Kier alpha value is -4.78. The van der Waals surface area contributed by atoms with Gasteiger partial charge in [-0.2, -0.15) is 10.4 Å². The van der Waals surface area contributed by atoms with Crippen molar-refractivity contribution in [3.05, 3.63) is 63.7 Å². The van der Waals surface area contributed by atoms with Crippen molar-refractivity contribution in [3.63, 3.8) is 0 Å². The number of nitrogens with zero attached hydrogens (tertiary/aromatic N) is 8. The molecule has 3 aromatic rings. The van der Waals surface area contributed by atoms with Crippen LogP contribution in [0, 0.1) is 21.4 Å². The van der Waals surface area contributed by atoms with Crippen LogP contribution in [0.4, 0.5) is 34.1 Å². The average Bonchev–Trinajstić information content (AvgIpc) is 3.18. The maximum atomic E-state index is 11.0. The molecule has 0 fully saturated rings. The van der Waals surface area contributed by atoms with Gasteiger partial charge in [-0.25, -0.2) is 4.67 Å². The first-order valence-electron chi connectivity index (χ1n) is 18.7. The molecular weight excluding hydrogens is 739 g/mol. The molecule has 2 atom stereocenters. The second-order valence-electron chi connectivity index (χ2n) is 13.8. The summed E-state index contributed by atoms with van der Waals surface area (Å²) in [5.41, 5.74) is 5.28. The molecule has 3 aromatic carbocycles. The smallest absolute Gasteiger partial charge is 0.269 e.